The van der Waals surface area contributed by atoms with E-state index in [-0.39, 0.29) is 5.97 Å². The van der Waals surface area contributed by atoms with E-state index in [0.717, 1.165) is 6.42 Å². The van der Waals surface area contributed by atoms with Gasteiger partial charge in [-0.05, 0) is 30.5 Å². The van der Waals surface area contributed by atoms with E-state index >= 15 is 0 Å². The topological polar surface area (TPSA) is 26.3 Å². The lowest BCUT2D eigenvalue weighted by Crippen LogP contribution is -2.01. The molecule has 0 saturated carbocycles. The van der Waals surface area contributed by atoms with Gasteiger partial charge < -0.3 is 4.74 Å². The number of methoxy groups -OCH3 is 1. The van der Waals surface area contributed by atoms with Gasteiger partial charge in [0.2, 0.25) is 0 Å². The molecule has 0 radical (unpaired) electrons. The number of unbranched alkanes of at least 4 members (excludes halogenated alkanes) is 9. The van der Waals surface area contributed by atoms with Crippen molar-refractivity contribution in [3.63, 3.8) is 0 Å². The van der Waals surface area contributed by atoms with Gasteiger partial charge in [-0.25, -0.2) is 4.79 Å². The standard InChI is InChI=1S/C20H32O2/c1-3-4-5-6-7-8-9-10-11-12-14-18-15-13-16-19(17-18)20(21)22-2/h13,15-17H,3-12,14H2,1-2H3. The fraction of sp³-hybridized carbons (Fsp3) is 0.650. The smallest absolute Gasteiger partial charge is 0.337 e. The number of hydrogen-bond donors (Lipinski definition) is 0. The summed E-state index contributed by atoms with van der Waals surface area (Å²) in [6.07, 6.45) is 14.6. The fourth-order valence-corrected chi connectivity index (χ4v) is 2.79. The van der Waals surface area contributed by atoms with Crippen molar-refractivity contribution in [2.24, 2.45) is 0 Å². The van der Waals surface area contributed by atoms with E-state index in [4.69, 9.17) is 4.74 Å². The number of carbonyl (C=O) groups excluding carboxylic acids is 1. The highest BCUT2D eigenvalue weighted by Crippen LogP contribution is 2.13. The van der Waals surface area contributed by atoms with Crippen molar-refractivity contribution < 1.29 is 9.53 Å². The second-order valence-electron chi connectivity index (χ2n) is 6.12. The van der Waals surface area contributed by atoms with Crippen molar-refractivity contribution in [2.75, 3.05) is 7.11 Å². The minimum absolute atomic E-state index is 0.245. The van der Waals surface area contributed by atoms with Gasteiger partial charge in [-0.3, -0.25) is 0 Å². The van der Waals surface area contributed by atoms with Gasteiger partial charge in [0.05, 0.1) is 12.7 Å². The predicted octanol–water partition coefficient (Wildman–Crippen LogP) is 5.94. The number of ether oxygens (including phenoxy) is 1. The van der Waals surface area contributed by atoms with E-state index in [9.17, 15) is 4.79 Å². The molecule has 1 aromatic carbocycles. The zero-order valence-electron chi connectivity index (χ0n) is 14.4. The van der Waals surface area contributed by atoms with Crippen LogP contribution >= 0.6 is 0 Å². The number of benzene rings is 1. The zero-order chi connectivity index (χ0) is 16.0. The molecule has 0 spiro atoms. The Morgan fingerprint density at radius 2 is 1.50 bits per heavy atom. The van der Waals surface area contributed by atoms with Crippen molar-refractivity contribution in [2.45, 2.75) is 77.6 Å². The molecular formula is C20H32O2. The minimum atomic E-state index is -0.245. The van der Waals surface area contributed by atoms with Gasteiger partial charge in [-0.15, -0.1) is 0 Å². The Bertz CT molecular complexity index is 412. The van der Waals surface area contributed by atoms with Crippen LogP contribution in [0.4, 0.5) is 0 Å². The summed E-state index contributed by atoms with van der Waals surface area (Å²) in [6, 6.07) is 7.81. The first kappa shape index (κ1) is 18.7. The van der Waals surface area contributed by atoms with Crippen molar-refractivity contribution in [3.05, 3.63) is 35.4 Å². The molecule has 2 heteroatoms. The number of aryl methyl sites for hydroxylation is 1. The summed E-state index contributed by atoms with van der Waals surface area (Å²) in [4.78, 5) is 11.5. The Kier molecular flexibility index (Phi) is 10.4. The normalized spacial score (nSPS) is 10.6. The first-order chi connectivity index (χ1) is 10.8. The van der Waals surface area contributed by atoms with Crippen LogP contribution in [0.25, 0.3) is 0 Å². The molecule has 0 N–H and O–H groups in total. The maximum Gasteiger partial charge on any atom is 0.337 e. The maximum absolute atomic E-state index is 11.5. The summed E-state index contributed by atoms with van der Waals surface area (Å²) in [5.74, 6) is -0.245. The van der Waals surface area contributed by atoms with Crippen molar-refractivity contribution >= 4 is 5.97 Å². The second kappa shape index (κ2) is 12.3. The van der Waals surface area contributed by atoms with Crippen LogP contribution in [0.3, 0.4) is 0 Å². The number of carbonyl (C=O) groups is 1. The van der Waals surface area contributed by atoms with Crippen LogP contribution in [0.1, 0.15) is 87.1 Å². The Labute approximate surface area is 136 Å². The highest BCUT2D eigenvalue weighted by atomic mass is 16.5. The molecule has 0 unspecified atom stereocenters. The minimum Gasteiger partial charge on any atom is -0.465 e. The molecule has 0 aliphatic heterocycles. The predicted molar refractivity (Wildman–Crippen MR) is 93.3 cm³/mol. The van der Waals surface area contributed by atoms with E-state index < -0.39 is 0 Å². The van der Waals surface area contributed by atoms with E-state index in [1.807, 2.05) is 18.2 Å². The van der Waals surface area contributed by atoms with Crippen molar-refractivity contribution in [1.29, 1.82) is 0 Å². The van der Waals surface area contributed by atoms with E-state index in [2.05, 4.69) is 13.0 Å². The van der Waals surface area contributed by atoms with Crippen LogP contribution in [0, 0.1) is 0 Å². The lowest BCUT2D eigenvalue weighted by Gasteiger charge is -2.05. The molecule has 2 nitrogen and oxygen atoms in total. The first-order valence-electron chi connectivity index (χ1n) is 8.95. The zero-order valence-corrected chi connectivity index (χ0v) is 14.4. The summed E-state index contributed by atoms with van der Waals surface area (Å²) in [5.41, 5.74) is 1.90. The number of esters is 1. The lowest BCUT2D eigenvalue weighted by molar-refractivity contribution is 0.0600. The molecule has 0 aliphatic carbocycles. The van der Waals surface area contributed by atoms with Gasteiger partial charge in [0.15, 0.2) is 0 Å². The van der Waals surface area contributed by atoms with Crippen LogP contribution in [-0.4, -0.2) is 13.1 Å². The summed E-state index contributed by atoms with van der Waals surface area (Å²) in [6.45, 7) is 2.26. The fourth-order valence-electron chi connectivity index (χ4n) is 2.79. The van der Waals surface area contributed by atoms with Crippen LogP contribution in [-0.2, 0) is 11.2 Å². The van der Waals surface area contributed by atoms with Gasteiger partial charge in [0, 0.05) is 0 Å². The maximum atomic E-state index is 11.5. The summed E-state index contributed by atoms with van der Waals surface area (Å²) >= 11 is 0. The molecule has 0 fully saturated rings. The van der Waals surface area contributed by atoms with E-state index in [1.165, 1.54) is 76.9 Å². The van der Waals surface area contributed by atoms with Gasteiger partial charge in [0.25, 0.3) is 0 Å². The Balaban J connectivity index is 2.06. The van der Waals surface area contributed by atoms with Gasteiger partial charge in [-0.1, -0.05) is 76.8 Å². The Morgan fingerprint density at radius 1 is 0.909 bits per heavy atom. The summed E-state index contributed by atoms with van der Waals surface area (Å²) < 4.78 is 4.76. The largest absolute Gasteiger partial charge is 0.465 e. The number of rotatable bonds is 12. The first-order valence-corrected chi connectivity index (χ1v) is 8.95. The molecule has 0 atom stereocenters. The molecule has 0 aliphatic rings. The SMILES string of the molecule is CCCCCCCCCCCCc1cccc(C(=O)OC)c1. The molecule has 0 amide bonds. The van der Waals surface area contributed by atoms with Crippen LogP contribution in [0.5, 0.6) is 0 Å². The van der Waals surface area contributed by atoms with Gasteiger partial charge in [-0.2, -0.15) is 0 Å². The third kappa shape index (κ3) is 8.21. The second-order valence-corrected chi connectivity index (χ2v) is 6.12. The van der Waals surface area contributed by atoms with Crippen molar-refractivity contribution in [1.82, 2.24) is 0 Å². The molecular weight excluding hydrogens is 272 g/mol. The number of hydrogen-bond acceptors (Lipinski definition) is 2. The van der Waals surface area contributed by atoms with Gasteiger partial charge >= 0.3 is 5.97 Å². The lowest BCUT2D eigenvalue weighted by atomic mass is 10.0. The molecule has 0 bridgehead atoms. The summed E-state index contributed by atoms with van der Waals surface area (Å²) in [5, 5.41) is 0. The average Bonchev–Trinajstić information content (AvgIpc) is 2.56. The van der Waals surface area contributed by atoms with E-state index in [0.29, 0.717) is 5.56 Å². The molecule has 22 heavy (non-hydrogen) atoms. The molecule has 0 heterocycles. The quantitative estimate of drug-likeness (QED) is 0.353. The summed E-state index contributed by atoms with van der Waals surface area (Å²) in [7, 11) is 1.43. The van der Waals surface area contributed by atoms with E-state index in [1.54, 1.807) is 0 Å². The van der Waals surface area contributed by atoms with Crippen LogP contribution in [0.2, 0.25) is 0 Å². The molecule has 1 aromatic rings. The molecule has 0 aromatic heterocycles. The highest BCUT2D eigenvalue weighted by Gasteiger charge is 2.05. The molecule has 124 valence electrons. The average molecular weight is 304 g/mol. The highest BCUT2D eigenvalue weighted by molar-refractivity contribution is 5.89. The Morgan fingerprint density at radius 3 is 2.09 bits per heavy atom. The molecule has 0 saturated heterocycles. The van der Waals surface area contributed by atoms with Crippen LogP contribution < -0.4 is 0 Å². The third-order valence-corrected chi connectivity index (χ3v) is 4.17. The molecule has 1 rings (SSSR count). The monoisotopic (exact) mass is 304 g/mol. The third-order valence-electron chi connectivity index (χ3n) is 4.17. The van der Waals surface area contributed by atoms with Crippen molar-refractivity contribution in [3.8, 4) is 0 Å². The van der Waals surface area contributed by atoms with Gasteiger partial charge in [0.1, 0.15) is 0 Å². The Hall–Kier alpha value is -1.31. The van der Waals surface area contributed by atoms with Crippen LogP contribution in [0.15, 0.2) is 24.3 Å².